The molecule has 122 valence electrons. The van der Waals surface area contributed by atoms with Gasteiger partial charge in [-0.15, -0.1) is 0 Å². The highest BCUT2D eigenvalue weighted by atomic mass is 32.9. The Hall–Kier alpha value is 0.920. The van der Waals surface area contributed by atoms with E-state index < -0.39 is 5.69 Å². The van der Waals surface area contributed by atoms with E-state index in [1.165, 1.54) is 77.0 Å². The molecule has 0 unspecified atom stereocenters. The summed E-state index contributed by atoms with van der Waals surface area (Å²) in [5.41, 5.74) is -3.00. The van der Waals surface area contributed by atoms with Crippen LogP contribution in [-0.2, 0) is 11.8 Å². The van der Waals surface area contributed by atoms with Crippen molar-refractivity contribution < 1.29 is 9.79 Å². The zero-order chi connectivity index (χ0) is 15.1. The van der Waals surface area contributed by atoms with Crippen LogP contribution in [0.3, 0.4) is 0 Å². The summed E-state index contributed by atoms with van der Waals surface area (Å²) < 4.78 is 0. The van der Waals surface area contributed by atoms with E-state index >= 15 is 0 Å². The summed E-state index contributed by atoms with van der Waals surface area (Å²) in [7, 11) is 0. The van der Waals surface area contributed by atoms with E-state index in [1.807, 2.05) is 0 Å². The summed E-state index contributed by atoms with van der Waals surface area (Å²) in [5, 5.41) is 0. The van der Waals surface area contributed by atoms with E-state index in [1.54, 1.807) is 0 Å². The Morgan fingerprint density at radius 2 is 1.05 bits per heavy atom. The molecule has 2 N–H and O–H groups in total. The minimum atomic E-state index is -3.00. The van der Waals surface area contributed by atoms with E-state index in [9.17, 15) is 0 Å². The van der Waals surface area contributed by atoms with Crippen molar-refractivity contribution in [3.63, 3.8) is 0 Å². The van der Waals surface area contributed by atoms with Gasteiger partial charge >= 0.3 is 0 Å². The lowest BCUT2D eigenvalue weighted by Crippen LogP contribution is -1.84. The van der Waals surface area contributed by atoms with E-state index in [0.29, 0.717) is 0 Å². The Bertz CT molecular complexity index is 244. The van der Waals surface area contributed by atoms with Crippen molar-refractivity contribution in [1.29, 1.82) is 0 Å². The van der Waals surface area contributed by atoms with Crippen LogP contribution in [-0.4, -0.2) is 15.5 Å². The number of hydrogen-bond donors (Lipinski definition) is 2. The van der Waals surface area contributed by atoms with Gasteiger partial charge < -0.3 is 9.79 Å². The summed E-state index contributed by atoms with van der Waals surface area (Å²) in [6.45, 7) is 2.27. The molecule has 0 saturated heterocycles. The molecule has 0 bridgehead atoms. The van der Waals surface area contributed by atoms with E-state index in [0.717, 1.165) is 23.6 Å². The molecule has 0 spiro atoms. The Labute approximate surface area is 135 Å². The van der Waals surface area contributed by atoms with Gasteiger partial charge in [0.05, 0.1) is 0 Å². The third-order valence-corrected chi connectivity index (χ3v) is 6.82. The maximum Gasteiger partial charge on any atom is 0.242 e. The quantitative estimate of drug-likeness (QED) is 0.282. The van der Waals surface area contributed by atoms with Crippen LogP contribution in [0.15, 0.2) is 0 Å². The molecule has 0 aliphatic rings. The van der Waals surface area contributed by atoms with Gasteiger partial charge in [-0.3, -0.25) is 0 Å². The van der Waals surface area contributed by atoms with Crippen molar-refractivity contribution >= 4 is 28.9 Å². The monoisotopic (exact) mass is 340 g/mol. The van der Waals surface area contributed by atoms with Gasteiger partial charge in [-0.2, -0.15) is 0 Å². The lowest BCUT2D eigenvalue weighted by Gasteiger charge is -2.06. The van der Waals surface area contributed by atoms with Crippen molar-refractivity contribution in [3.05, 3.63) is 0 Å². The van der Waals surface area contributed by atoms with Crippen LogP contribution >= 0.6 is 17.1 Å². The first kappa shape index (κ1) is 20.9. The molecular weight excluding hydrogens is 307 g/mol. The van der Waals surface area contributed by atoms with Gasteiger partial charge in [0.2, 0.25) is 5.69 Å². The molecule has 0 rings (SSSR count). The fourth-order valence-corrected chi connectivity index (χ4v) is 4.65. The van der Waals surface area contributed by atoms with Gasteiger partial charge in [-0.05, 0) is 18.2 Å². The van der Waals surface area contributed by atoms with E-state index in [4.69, 9.17) is 9.79 Å². The number of hydrogen-bond acceptors (Lipinski definition) is 2. The van der Waals surface area contributed by atoms with E-state index in [2.05, 4.69) is 18.7 Å². The van der Waals surface area contributed by atoms with Gasteiger partial charge in [0.1, 0.15) is 0 Å². The molecule has 0 amide bonds. The third-order valence-electron chi connectivity index (χ3n) is 3.51. The second-order valence-corrected chi connectivity index (χ2v) is 11.7. The SMILES string of the molecule is CCCCCCCCCCCCCCCSP(O)(O)=S. The maximum atomic E-state index is 9.05. The molecule has 0 fully saturated rings. The number of unbranched alkanes of at least 4 members (excludes halogenated alkanes) is 12. The lowest BCUT2D eigenvalue weighted by molar-refractivity contribution is 0.502. The van der Waals surface area contributed by atoms with Crippen LogP contribution < -0.4 is 0 Å². The lowest BCUT2D eigenvalue weighted by atomic mass is 10.1. The summed E-state index contributed by atoms with van der Waals surface area (Å²) in [4.78, 5) is 18.1. The smallest absolute Gasteiger partial charge is 0.242 e. The highest BCUT2D eigenvalue weighted by Gasteiger charge is 2.06. The van der Waals surface area contributed by atoms with Crippen molar-refractivity contribution in [3.8, 4) is 0 Å². The highest BCUT2D eigenvalue weighted by molar-refractivity contribution is 8.67. The molecule has 0 aromatic rings. The van der Waals surface area contributed by atoms with Crippen molar-refractivity contribution in [2.45, 2.75) is 90.4 Å². The Balaban J connectivity index is 3.01. The third kappa shape index (κ3) is 18.9. The van der Waals surface area contributed by atoms with Gasteiger partial charge in [0.15, 0.2) is 0 Å². The molecule has 0 saturated carbocycles. The minimum absolute atomic E-state index is 0.794. The van der Waals surface area contributed by atoms with Gasteiger partial charge in [-0.1, -0.05) is 95.4 Å². The predicted molar refractivity (Wildman–Crippen MR) is 96.9 cm³/mol. The molecule has 0 atom stereocenters. The highest BCUT2D eigenvalue weighted by Crippen LogP contribution is 2.50. The molecular formula is C15H33O2PS2. The zero-order valence-corrected chi connectivity index (χ0v) is 15.6. The van der Waals surface area contributed by atoms with Crippen molar-refractivity contribution in [2.24, 2.45) is 0 Å². The minimum Gasteiger partial charge on any atom is -0.338 e. The molecule has 0 radical (unpaired) electrons. The largest absolute Gasteiger partial charge is 0.338 e. The molecule has 0 heterocycles. The molecule has 5 heteroatoms. The first-order valence-electron chi connectivity index (χ1n) is 8.26. The molecule has 0 aliphatic carbocycles. The standard InChI is InChI=1S/C15H33O2PS2/c1-2-3-4-5-6-7-8-9-10-11-12-13-14-15-20-18(16,17)19/h2-15H2,1H3,(H2,16,17,19). The topological polar surface area (TPSA) is 40.5 Å². The fourth-order valence-electron chi connectivity index (χ4n) is 2.30. The van der Waals surface area contributed by atoms with Gasteiger partial charge in [-0.25, -0.2) is 0 Å². The molecule has 0 aromatic carbocycles. The van der Waals surface area contributed by atoms with Crippen LogP contribution in [0.5, 0.6) is 0 Å². The van der Waals surface area contributed by atoms with Crippen LogP contribution in [0.2, 0.25) is 0 Å². The average Bonchev–Trinajstić information content (AvgIpc) is 2.38. The van der Waals surface area contributed by atoms with Crippen LogP contribution in [0.1, 0.15) is 90.4 Å². The first-order valence-corrected chi connectivity index (χ1v) is 12.6. The second kappa shape index (κ2) is 14.8. The summed E-state index contributed by atoms with van der Waals surface area (Å²) in [6.07, 6.45) is 17.4. The Morgan fingerprint density at radius 3 is 1.40 bits per heavy atom. The predicted octanol–water partition coefficient (Wildman–Crippen LogP) is 6.02. The maximum absolute atomic E-state index is 9.05. The molecule has 2 nitrogen and oxygen atoms in total. The summed E-state index contributed by atoms with van der Waals surface area (Å²) >= 11 is 5.72. The molecule has 20 heavy (non-hydrogen) atoms. The second-order valence-electron chi connectivity index (χ2n) is 5.57. The zero-order valence-electron chi connectivity index (χ0n) is 13.1. The van der Waals surface area contributed by atoms with Crippen LogP contribution in [0, 0.1) is 0 Å². The van der Waals surface area contributed by atoms with Crippen LogP contribution in [0.4, 0.5) is 0 Å². The average molecular weight is 341 g/mol. The Kier molecular flexibility index (Phi) is 15.5. The molecule has 0 aliphatic heterocycles. The van der Waals surface area contributed by atoms with Gasteiger partial charge in [0, 0.05) is 5.75 Å². The van der Waals surface area contributed by atoms with E-state index in [-0.39, 0.29) is 0 Å². The Morgan fingerprint density at radius 1 is 0.700 bits per heavy atom. The number of rotatable bonds is 15. The fraction of sp³-hybridized carbons (Fsp3) is 1.00. The summed E-state index contributed by atoms with van der Waals surface area (Å²) in [5.74, 6) is 0.794. The van der Waals surface area contributed by atoms with Gasteiger partial charge in [0.25, 0.3) is 0 Å². The van der Waals surface area contributed by atoms with Crippen molar-refractivity contribution in [2.75, 3.05) is 5.75 Å². The first-order chi connectivity index (χ1) is 9.56. The van der Waals surface area contributed by atoms with Crippen molar-refractivity contribution in [1.82, 2.24) is 0 Å². The molecule has 0 aromatic heterocycles. The normalized spacial score (nSPS) is 11.9. The van der Waals surface area contributed by atoms with Crippen LogP contribution in [0.25, 0.3) is 0 Å². The summed E-state index contributed by atoms with van der Waals surface area (Å²) in [6, 6.07) is 0.